The van der Waals surface area contributed by atoms with Crippen molar-refractivity contribution in [1.82, 2.24) is 13.5 Å². The van der Waals surface area contributed by atoms with Crippen LogP contribution in [0.2, 0.25) is 0 Å². The standard InChI is InChI=1S/C12H15N3O4S2/c1-2-4-8(12(16)17)7-13-21(18,19)10-6-3-5-9-11(10)15-20-14-9/h3,5-6,8,13H,2,4,7H2,1H3,(H,16,17). The van der Waals surface area contributed by atoms with Crippen LogP contribution in [-0.4, -0.2) is 34.8 Å². The number of nitrogens with zero attached hydrogens (tertiary/aromatic N) is 2. The zero-order valence-corrected chi connectivity index (χ0v) is 12.9. The molecule has 2 aromatic rings. The number of aromatic nitrogens is 2. The highest BCUT2D eigenvalue weighted by atomic mass is 32.2. The van der Waals surface area contributed by atoms with Crippen LogP contribution in [0, 0.1) is 5.92 Å². The lowest BCUT2D eigenvalue weighted by Crippen LogP contribution is -2.33. The molecule has 7 nitrogen and oxygen atoms in total. The molecule has 0 saturated heterocycles. The molecule has 1 atom stereocenters. The lowest BCUT2D eigenvalue weighted by atomic mass is 10.1. The molecule has 0 aliphatic carbocycles. The van der Waals surface area contributed by atoms with Crippen LogP contribution < -0.4 is 4.72 Å². The second kappa shape index (κ2) is 6.46. The van der Waals surface area contributed by atoms with E-state index in [1.54, 1.807) is 12.1 Å². The number of benzene rings is 1. The fourth-order valence-electron chi connectivity index (χ4n) is 1.95. The van der Waals surface area contributed by atoms with Crippen LogP contribution in [0.3, 0.4) is 0 Å². The van der Waals surface area contributed by atoms with Crippen LogP contribution in [0.25, 0.3) is 11.0 Å². The second-order valence-corrected chi connectivity index (χ2v) is 6.83. The first-order chi connectivity index (χ1) is 9.95. The lowest BCUT2D eigenvalue weighted by molar-refractivity contribution is -0.141. The van der Waals surface area contributed by atoms with Gasteiger partial charge in [-0.2, -0.15) is 8.75 Å². The van der Waals surface area contributed by atoms with Crippen LogP contribution in [0.1, 0.15) is 19.8 Å². The van der Waals surface area contributed by atoms with Gasteiger partial charge < -0.3 is 5.11 Å². The summed E-state index contributed by atoms with van der Waals surface area (Å²) in [7, 11) is -3.81. The largest absolute Gasteiger partial charge is 0.481 e. The first-order valence-electron chi connectivity index (χ1n) is 6.39. The molecule has 21 heavy (non-hydrogen) atoms. The van der Waals surface area contributed by atoms with Crippen LogP contribution in [0.4, 0.5) is 0 Å². The van der Waals surface area contributed by atoms with Crippen molar-refractivity contribution in [3.05, 3.63) is 18.2 Å². The van der Waals surface area contributed by atoms with Gasteiger partial charge in [-0.05, 0) is 18.6 Å². The highest BCUT2D eigenvalue weighted by Crippen LogP contribution is 2.21. The Labute approximate surface area is 126 Å². The van der Waals surface area contributed by atoms with E-state index in [1.165, 1.54) is 6.07 Å². The van der Waals surface area contributed by atoms with E-state index >= 15 is 0 Å². The molecule has 0 aliphatic rings. The van der Waals surface area contributed by atoms with Crippen LogP contribution in [0.5, 0.6) is 0 Å². The van der Waals surface area contributed by atoms with Crippen molar-refractivity contribution in [1.29, 1.82) is 0 Å². The van der Waals surface area contributed by atoms with Gasteiger partial charge in [0, 0.05) is 6.54 Å². The lowest BCUT2D eigenvalue weighted by Gasteiger charge is -2.12. The van der Waals surface area contributed by atoms with E-state index < -0.39 is 21.9 Å². The van der Waals surface area contributed by atoms with Gasteiger partial charge in [0.2, 0.25) is 10.0 Å². The third-order valence-corrected chi connectivity index (χ3v) is 5.04. The summed E-state index contributed by atoms with van der Waals surface area (Å²) >= 11 is 0.934. The van der Waals surface area contributed by atoms with Crippen molar-refractivity contribution in [2.24, 2.45) is 5.92 Å². The fraction of sp³-hybridized carbons (Fsp3) is 0.417. The number of sulfonamides is 1. The SMILES string of the molecule is CCCC(CNS(=O)(=O)c1cccc2nsnc12)C(=O)O. The summed E-state index contributed by atoms with van der Waals surface area (Å²) in [5, 5.41) is 9.05. The Morgan fingerprint density at radius 2 is 2.19 bits per heavy atom. The summed E-state index contributed by atoms with van der Waals surface area (Å²) < 4.78 is 34.9. The number of aliphatic carboxylic acids is 1. The van der Waals surface area contributed by atoms with Gasteiger partial charge in [0.15, 0.2) is 0 Å². The maximum atomic E-state index is 12.3. The summed E-state index contributed by atoms with van der Waals surface area (Å²) in [5.74, 6) is -1.74. The molecule has 114 valence electrons. The summed E-state index contributed by atoms with van der Waals surface area (Å²) in [6.45, 7) is 1.71. The Hall–Kier alpha value is -1.58. The quantitative estimate of drug-likeness (QED) is 0.796. The van der Waals surface area contributed by atoms with Crippen molar-refractivity contribution in [2.45, 2.75) is 24.7 Å². The molecule has 0 saturated carbocycles. The normalized spacial score (nSPS) is 13.4. The van der Waals surface area contributed by atoms with Gasteiger partial charge in [-0.25, -0.2) is 13.1 Å². The molecular weight excluding hydrogens is 314 g/mol. The number of hydrogen-bond donors (Lipinski definition) is 2. The molecule has 0 amide bonds. The predicted molar refractivity (Wildman–Crippen MR) is 78.6 cm³/mol. The van der Waals surface area contributed by atoms with Crippen molar-refractivity contribution in [3.8, 4) is 0 Å². The molecule has 1 unspecified atom stereocenters. The highest BCUT2D eigenvalue weighted by molar-refractivity contribution is 7.89. The molecular formula is C12H15N3O4S2. The van der Waals surface area contributed by atoms with Gasteiger partial charge in [0.25, 0.3) is 0 Å². The fourth-order valence-corrected chi connectivity index (χ4v) is 3.79. The second-order valence-electron chi connectivity index (χ2n) is 4.56. The average molecular weight is 329 g/mol. The smallest absolute Gasteiger partial charge is 0.307 e. The number of carboxylic acids is 1. The minimum absolute atomic E-state index is 0.0226. The van der Waals surface area contributed by atoms with E-state index in [0.717, 1.165) is 11.7 Å². The maximum Gasteiger partial charge on any atom is 0.307 e. The van der Waals surface area contributed by atoms with Crippen molar-refractivity contribution in [2.75, 3.05) is 6.54 Å². The molecule has 1 heterocycles. The van der Waals surface area contributed by atoms with Gasteiger partial charge in [0.1, 0.15) is 15.9 Å². The molecule has 0 fully saturated rings. The third-order valence-electron chi connectivity index (χ3n) is 3.04. The van der Waals surface area contributed by atoms with E-state index in [9.17, 15) is 13.2 Å². The van der Waals surface area contributed by atoms with Gasteiger partial charge in [-0.1, -0.05) is 19.4 Å². The molecule has 2 rings (SSSR count). The van der Waals surface area contributed by atoms with Gasteiger partial charge in [0.05, 0.1) is 17.6 Å². The van der Waals surface area contributed by atoms with Crippen LogP contribution >= 0.6 is 11.7 Å². The molecule has 2 N–H and O–H groups in total. The third kappa shape index (κ3) is 3.55. The molecule has 0 bridgehead atoms. The number of fused-ring (bicyclic) bond motifs is 1. The molecule has 0 radical (unpaired) electrons. The van der Waals surface area contributed by atoms with Crippen LogP contribution in [-0.2, 0) is 14.8 Å². The zero-order valence-electron chi connectivity index (χ0n) is 11.3. The van der Waals surface area contributed by atoms with Crippen molar-refractivity contribution >= 4 is 38.8 Å². The minimum atomic E-state index is -3.81. The number of carboxylic acid groups (broad SMARTS) is 1. The van der Waals surface area contributed by atoms with E-state index in [0.29, 0.717) is 23.9 Å². The Morgan fingerprint density at radius 1 is 1.43 bits per heavy atom. The topological polar surface area (TPSA) is 109 Å². The van der Waals surface area contributed by atoms with E-state index in [-0.39, 0.29) is 11.4 Å². The van der Waals surface area contributed by atoms with E-state index in [1.807, 2.05) is 6.92 Å². The Morgan fingerprint density at radius 3 is 2.86 bits per heavy atom. The zero-order chi connectivity index (χ0) is 15.5. The minimum Gasteiger partial charge on any atom is -0.481 e. The summed E-state index contributed by atoms with van der Waals surface area (Å²) in [6.07, 6.45) is 1.09. The van der Waals surface area contributed by atoms with Gasteiger partial charge in [-0.3, -0.25) is 4.79 Å². The Bertz CT molecular complexity index is 742. The first kappa shape index (κ1) is 15.8. The first-order valence-corrected chi connectivity index (χ1v) is 8.60. The summed E-state index contributed by atoms with van der Waals surface area (Å²) in [6, 6.07) is 4.69. The van der Waals surface area contributed by atoms with Crippen LogP contribution in [0.15, 0.2) is 23.1 Å². The Kier molecular flexibility index (Phi) is 4.86. The summed E-state index contributed by atoms with van der Waals surface area (Å²) in [5.41, 5.74) is 0.809. The Balaban J connectivity index is 2.22. The average Bonchev–Trinajstić information content (AvgIpc) is 2.91. The van der Waals surface area contributed by atoms with Crippen molar-refractivity contribution < 1.29 is 18.3 Å². The maximum absolute atomic E-state index is 12.3. The van der Waals surface area contributed by atoms with Gasteiger partial charge in [-0.15, -0.1) is 0 Å². The molecule has 0 spiro atoms. The summed E-state index contributed by atoms with van der Waals surface area (Å²) in [4.78, 5) is 11.1. The van der Waals surface area contributed by atoms with Crippen molar-refractivity contribution in [3.63, 3.8) is 0 Å². The number of carbonyl (C=O) groups is 1. The van der Waals surface area contributed by atoms with Gasteiger partial charge >= 0.3 is 5.97 Å². The molecule has 1 aromatic heterocycles. The van der Waals surface area contributed by atoms with E-state index in [2.05, 4.69) is 13.5 Å². The molecule has 1 aromatic carbocycles. The van der Waals surface area contributed by atoms with E-state index in [4.69, 9.17) is 5.11 Å². The number of nitrogens with one attached hydrogen (secondary N) is 1. The number of hydrogen-bond acceptors (Lipinski definition) is 6. The monoisotopic (exact) mass is 329 g/mol. The number of rotatable bonds is 7. The highest BCUT2D eigenvalue weighted by Gasteiger charge is 2.23. The predicted octanol–water partition coefficient (Wildman–Crippen LogP) is 1.47. The molecule has 9 heteroatoms. The molecule has 0 aliphatic heterocycles.